The third-order valence-corrected chi connectivity index (χ3v) is 2.58. The fourth-order valence-electron chi connectivity index (χ4n) is 1.57. The molecule has 1 amide bonds. The van der Waals surface area contributed by atoms with Crippen molar-refractivity contribution in [1.82, 2.24) is 5.32 Å². The second-order valence-electron chi connectivity index (χ2n) is 4.07. The van der Waals surface area contributed by atoms with Gasteiger partial charge in [0.05, 0.1) is 19.1 Å². The molecule has 0 heterocycles. The smallest absolute Gasteiger partial charge is 0.222 e. The highest BCUT2D eigenvalue weighted by Crippen LogP contribution is 2.14. The van der Waals surface area contributed by atoms with E-state index in [9.17, 15) is 9.90 Å². The maximum Gasteiger partial charge on any atom is 0.222 e. The highest BCUT2D eigenvalue weighted by Gasteiger charge is 2.07. The Hall–Kier alpha value is -1.83. The largest absolute Gasteiger partial charge is 0.388 e. The number of nitrogens with one attached hydrogen (secondary N) is 1. The van der Waals surface area contributed by atoms with E-state index in [4.69, 9.17) is 11.2 Å². The summed E-state index contributed by atoms with van der Waals surface area (Å²) in [4.78, 5) is 11.4. The molecule has 19 heavy (non-hydrogen) atoms. The third-order valence-electron chi connectivity index (χ3n) is 2.58. The number of rotatable bonds is 8. The first kappa shape index (κ1) is 15.2. The molecule has 1 aromatic carbocycles. The van der Waals surface area contributed by atoms with Gasteiger partial charge >= 0.3 is 0 Å². The average Bonchev–Trinajstić information content (AvgIpc) is 2.44. The summed E-state index contributed by atoms with van der Waals surface area (Å²) in [5, 5.41) is 12.6. The van der Waals surface area contributed by atoms with Crippen LogP contribution in [0.1, 0.15) is 24.5 Å². The highest BCUT2D eigenvalue weighted by molar-refractivity contribution is 5.75. The van der Waals surface area contributed by atoms with Crippen LogP contribution < -0.4 is 5.32 Å². The van der Waals surface area contributed by atoms with Crippen molar-refractivity contribution < 1.29 is 14.6 Å². The number of benzene rings is 1. The molecule has 0 aliphatic rings. The lowest BCUT2D eigenvalue weighted by atomic mass is 10.1. The molecule has 0 spiro atoms. The molecule has 0 fully saturated rings. The fraction of sp³-hybridized carbons (Fsp3) is 0.400. The van der Waals surface area contributed by atoms with Gasteiger partial charge in [-0.3, -0.25) is 4.79 Å². The number of terminal acetylenes is 1. The van der Waals surface area contributed by atoms with Gasteiger partial charge in [0.15, 0.2) is 0 Å². The molecule has 0 aliphatic heterocycles. The maximum absolute atomic E-state index is 11.4. The van der Waals surface area contributed by atoms with Gasteiger partial charge in [-0.1, -0.05) is 36.3 Å². The zero-order valence-corrected chi connectivity index (χ0v) is 10.8. The number of amides is 1. The van der Waals surface area contributed by atoms with Crippen molar-refractivity contribution in [2.45, 2.75) is 18.9 Å². The zero-order valence-electron chi connectivity index (χ0n) is 10.8. The molecule has 0 bridgehead atoms. The van der Waals surface area contributed by atoms with E-state index < -0.39 is 6.10 Å². The number of hydrogen-bond acceptors (Lipinski definition) is 3. The molecule has 0 radical (unpaired) electrons. The van der Waals surface area contributed by atoms with Gasteiger partial charge < -0.3 is 15.2 Å². The lowest BCUT2D eigenvalue weighted by Crippen LogP contribution is -2.26. The number of carbonyl (C=O) groups is 1. The Balaban J connectivity index is 2.13. The first-order valence-corrected chi connectivity index (χ1v) is 6.25. The maximum atomic E-state index is 11.4. The minimum absolute atomic E-state index is 0.0997. The lowest BCUT2D eigenvalue weighted by Gasteiger charge is -2.11. The summed E-state index contributed by atoms with van der Waals surface area (Å²) in [5.41, 5.74) is 0.856. The Labute approximate surface area is 113 Å². The van der Waals surface area contributed by atoms with Crippen LogP contribution in [0.2, 0.25) is 0 Å². The third kappa shape index (κ3) is 6.61. The predicted octanol–water partition coefficient (Wildman–Crippen LogP) is 1.27. The summed E-state index contributed by atoms with van der Waals surface area (Å²) in [7, 11) is 0. The summed E-state index contributed by atoms with van der Waals surface area (Å²) in [6, 6.07) is 9.37. The van der Waals surface area contributed by atoms with Crippen LogP contribution in [0.5, 0.6) is 0 Å². The van der Waals surface area contributed by atoms with Gasteiger partial charge in [-0.05, 0) is 12.0 Å². The predicted molar refractivity (Wildman–Crippen MR) is 73.3 cm³/mol. The van der Waals surface area contributed by atoms with Gasteiger partial charge in [-0.25, -0.2) is 0 Å². The minimum Gasteiger partial charge on any atom is -0.388 e. The summed E-state index contributed by atoms with van der Waals surface area (Å²) < 4.78 is 5.00. The van der Waals surface area contributed by atoms with Crippen molar-refractivity contribution >= 4 is 5.91 Å². The SMILES string of the molecule is C#CCOCCC(=O)NCCC(O)c1ccccc1. The molecule has 0 aromatic heterocycles. The van der Waals surface area contributed by atoms with Crippen LogP contribution in [0.15, 0.2) is 30.3 Å². The Morgan fingerprint density at radius 2 is 2.16 bits per heavy atom. The molecular formula is C15H19NO3. The number of hydrogen-bond donors (Lipinski definition) is 2. The molecule has 0 aliphatic carbocycles. The van der Waals surface area contributed by atoms with E-state index in [0.29, 0.717) is 19.6 Å². The van der Waals surface area contributed by atoms with Gasteiger partial charge in [-0.2, -0.15) is 0 Å². The van der Waals surface area contributed by atoms with Crippen LogP contribution in [0.4, 0.5) is 0 Å². The van der Waals surface area contributed by atoms with Crippen LogP contribution in [-0.4, -0.2) is 30.8 Å². The van der Waals surface area contributed by atoms with Crippen LogP contribution in [0.3, 0.4) is 0 Å². The zero-order chi connectivity index (χ0) is 13.9. The van der Waals surface area contributed by atoms with Crippen LogP contribution >= 0.6 is 0 Å². The lowest BCUT2D eigenvalue weighted by molar-refractivity contribution is -0.122. The molecular weight excluding hydrogens is 242 g/mol. The Morgan fingerprint density at radius 1 is 1.42 bits per heavy atom. The van der Waals surface area contributed by atoms with E-state index in [1.165, 1.54) is 0 Å². The van der Waals surface area contributed by atoms with E-state index >= 15 is 0 Å². The standard InChI is InChI=1S/C15H19NO3/c1-2-11-19-12-9-15(18)16-10-8-14(17)13-6-4-3-5-7-13/h1,3-7,14,17H,8-12H2,(H,16,18). The molecule has 1 aromatic rings. The quantitative estimate of drug-likeness (QED) is 0.547. The van der Waals surface area contributed by atoms with E-state index in [-0.39, 0.29) is 18.9 Å². The molecule has 4 heteroatoms. The Bertz CT molecular complexity index is 411. The van der Waals surface area contributed by atoms with Gasteiger partial charge in [0.1, 0.15) is 6.61 Å². The average molecular weight is 261 g/mol. The van der Waals surface area contributed by atoms with Gasteiger partial charge in [0.25, 0.3) is 0 Å². The topological polar surface area (TPSA) is 58.6 Å². The van der Waals surface area contributed by atoms with E-state index in [2.05, 4.69) is 11.2 Å². The summed E-state index contributed by atoms with van der Waals surface area (Å²) in [6.07, 6.45) is 5.22. The van der Waals surface area contributed by atoms with Crippen molar-refractivity contribution in [3.8, 4) is 12.3 Å². The minimum atomic E-state index is -0.556. The molecule has 2 N–H and O–H groups in total. The molecule has 102 valence electrons. The monoisotopic (exact) mass is 261 g/mol. The number of aliphatic hydroxyl groups is 1. The molecule has 0 saturated carbocycles. The van der Waals surface area contributed by atoms with Gasteiger partial charge in [-0.15, -0.1) is 6.42 Å². The first-order chi connectivity index (χ1) is 9.24. The Kier molecular flexibility index (Phi) is 7.33. The van der Waals surface area contributed by atoms with Crippen molar-refractivity contribution in [3.63, 3.8) is 0 Å². The van der Waals surface area contributed by atoms with Crippen molar-refractivity contribution in [1.29, 1.82) is 0 Å². The van der Waals surface area contributed by atoms with E-state index in [1.54, 1.807) is 0 Å². The molecule has 4 nitrogen and oxygen atoms in total. The first-order valence-electron chi connectivity index (χ1n) is 6.25. The van der Waals surface area contributed by atoms with Crippen LogP contribution in [0, 0.1) is 12.3 Å². The van der Waals surface area contributed by atoms with Crippen molar-refractivity contribution in [2.24, 2.45) is 0 Å². The van der Waals surface area contributed by atoms with Crippen LogP contribution in [0.25, 0.3) is 0 Å². The number of carbonyl (C=O) groups excluding carboxylic acids is 1. The highest BCUT2D eigenvalue weighted by atomic mass is 16.5. The second-order valence-corrected chi connectivity index (χ2v) is 4.07. The summed E-state index contributed by atoms with van der Waals surface area (Å²) in [6.45, 7) is 0.974. The molecule has 0 saturated heterocycles. The molecule has 1 rings (SSSR count). The number of aliphatic hydroxyl groups excluding tert-OH is 1. The summed E-state index contributed by atoms with van der Waals surface area (Å²) in [5.74, 6) is 2.23. The van der Waals surface area contributed by atoms with Crippen molar-refractivity contribution in [2.75, 3.05) is 19.8 Å². The van der Waals surface area contributed by atoms with Gasteiger partial charge in [0.2, 0.25) is 5.91 Å². The van der Waals surface area contributed by atoms with Crippen molar-refractivity contribution in [3.05, 3.63) is 35.9 Å². The van der Waals surface area contributed by atoms with Crippen LogP contribution in [-0.2, 0) is 9.53 Å². The Morgan fingerprint density at radius 3 is 2.84 bits per heavy atom. The fourth-order valence-corrected chi connectivity index (χ4v) is 1.57. The van der Waals surface area contributed by atoms with E-state index in [0.717, 1.165) is 5.56 Å². The molecule has 1 atom stereocenters. The summed E-state index contributed by atoms with van der Waals surface area (Å²) >= 11 is 0. The normalized spacial score (nSPS) is 11.6. The van der Waals surface area contributed by atoms with E-state index in [1.807, 2.05) is 30.3 Å². The molecule has 1 unspecified atom stereocenters. The second kappa shape index (κ2) is 9.15. The number of ether oxygens (including phenoxy) is 1. The van der Waals surface area contributed by atoms with Gasteiger partial charge in [0, 0.05) is 6.54 Å².